The Hall–Kier alpha value is -2.40. The van der Waals surface area contributed by atoms with E-state index in [1.165, 1.54) is 5.39 Å². The first-order valence-corrected chi connectivity index (χ1v) is 7.23. The van der Waals surface area contributed by atoms with E-state index < -0.39 is 0 Å². The molecule has 0 saturated heterocycles. The molecule has 0 unspecified atom stereocenters. The second-order valence-corrected chi connectivity index (χ2v) is 5.06. The largest absolute Gasteiger partial charge is 0.481 e. The first kappa shape index (κ1) is 14.5. The number of ether oxygens (including phenoxy) is 2. The number of hydrogen-bond donors (Lipinski definition) is 0. The van der Waals surface area contributed by atoms with Gasteiger partial charge in [0.1, 0.15) is 5.75 Å². The average Bonchev–Trinajstić information content (AvgIpc) is 3.02. The molecular weight excluding hydrogens is 280 g/mol. The van der Waals surface area contributed by atoms with Crippen LogP contribution in [0, 0.1) is 0 Å². The van der Waals surface area contributed by atoms with E-state index in [0.29, 0.717) is 24.7 Å². The Morgan fingerprint density at radius 3 is 2.77 bits per heavy atom. The molecule has 2 aromatic carbocycles. The van der Waals surface area contributed by atoms with Crippen LogP contribution in [0.4, 0.5) is 0 Å². The smallest absolute Gasteiger partial charge is 0.267 e. The van der Waals surface area contributed by atoms with Crippen molar-refractivity contribution in [2.45, 2.75) is 19.4 Å². The molecule has 1 aromatic heterocycles. The lowest BCUT2D eigenvalue weighted by molar-refractivity contribution is 0.175. The number of rotatable bonds is 6. The molecule has 5 heteroatoms. The van der Waals surface area contributed by atoms with Crippen LogP contribution in [0.15, 0.2) is 47.0 Å². The molecule has 114 valence electrons. The molecule has 3 rings (SSSR count). The summed E-state index contributed by atoms with van der Waals surface area (Å²) in [5, 5.41) is 6.24. The van der Waals surface area contributed by atoms with Crippen molar-refractivity contribution in [1.82, 2.24) is 10.1 Å². The SMILES string of the molecule is COCCc1noc([C@@H](C)Oc2ccc3ccccc3c2)n1. The third-order valence-electron chi connectivity index (χ3n) is 3.40. The summed E-state index contributed by atoms with van der Waals surface area (Å²) in [5.41, 5.74) is 0. The summed E-state index contributed by atoms with van der Waals surface area (Å²) in [6.45, 7) is 2.46. The van der Waals surface area contributed by atoms with Gasteiger partial charge in [-0.15, -0.1) is 0 Å². The Morgan fingerprint density at radius 1 is 1.14 bits per heavy atom. The summed E-state index contributed by atoms with van der Waals surface area (Å²) >= 11 is 0. The van der Waals surface area contributed by atoms with Gasteiger partial charge in [0.2, 0.25) is 0 Å². The molecule has 0 amide bonds. The maximum absolute atomic E-state index is 5.90. The molecule has 22 heavy (non-hydrogen) atoms. The zero-order chi connectivity index (χ0) is 15.4. The van der Waals surface area contributed by atoms with E-state index in [4.69, 9.17) is 14.0 Å². The van der Waals surface area contributed by atoms with E-state index in [-0.39, 0.29) is 6.10 Å². The Bertz CT molecular complexity index is 754. The zero-order valence-electron chi connectivity index (χ0n) is 12.7. The first-order valence-electron chi connectivity index (χ1n) is 7.23. The minimum atomic E-state index is -0.301. The van der Waals surface area contributed by atoms with Gasteiger partial charge < -0.3 is 14.0 Å². The van der Waals surface area contributed by atoms with Crippen LogP contribution < -0.4 is 4.74 Å². The predicted octanol–water partition coefficient (Wildman–Crippen LogP) is 3.55. The minimum absolute atomic E-state index is 0.301. The Balaban J connectivity index is 1.71. The van der Waals surface area contributed by atoms with Crippen molar-refractivity contribution in [3.05, 3.63) is 54.2 Å². The molecule has 0 saturated carbocycles. The Kier molecular flexibility index (Phi) is 4.34. The van der Waals surface area contributed by atoms with E-state index in [1.807, 2.05) is 37.3 Å². The number of methoxy groups -OCH3 is 1. The van der Waals surface area contributed by atoms with Gasteiger partial charge in [-0.05, 0) is 29.8 Å². The van der Waals surface area contributed by atoms with Crippen molar-refractivity contribution in [1.29, 1.82) is 0 Å². The van der Waals surface area contributed by atoms with Crippen LogP contribution in [0.5, 0.6) is 5.75 Å². The normalized spacial score (nSPS) is 12.5. The van der Waals surface area contributed by atoms with Gasteiger partial charge in [0, 0.05) is 13.5 Å². The quantitative estimate of drug-likeness (QED) is 0.696. The summed E-state index contributed by atoms with van der Waals surface area (Å²) < 4.78 is 16.1. The fourth-order valence-corrected chi connectivity index (χ4v) is 2.22. The van der Waals surface area contributed by atoms with Gasteiger partial charge in [0.05, 0.1) is 6.61 Å². The molecule has 0 fully saturated rings. The van der Waals surface area contributed by atoms with E-state index in [1.54, 1.807) is 7.11 Å². The molecule has 1 atom stereocenters. The molecule has 5 nitrogen and oxygen atoms in total. The van der Waals surface area contributed by atoms with Gasteiger partial charge in [-0.25, -0.2) is 0 Å². The monoisotopic (exact) mass is 298 g/mol. The molecule has 0 bridgehead atoms. The average molecular weight is 298 g/mol. The number of fused-ring (bicyclic) bond motifs is 1. The highest BCUT2D eigenvalue weighted by Crippen LogP contribution is 2.25. The van der Waals surface area contributed by atoms with Crippen molar-refractivity contribution in [3.63, 3.8) is 0 Å². The molecule has 3 aromatic rings. The van der Waals surface area contributed by atoms with Crippen LogP contribution >= 0.6 is 0 Å². The number of nitrogens with zero attached hydrogens (tertiary/aromatic N) is 2. The van der Waals surface area contributed by atoms with E-state index >= 15 is 0 Å². The van der Waals surface area contributed by atoms with Gasteiger partial charge in [-0.1, -0.05) is 35.5 Å². The van der Waals surface area contributed by atoms with Gasteiger partial charge in [-0.3, -0.25) is 0 Å². The van der Waals surface area contributed by atoms with Crippen LogP contribution in [0.1, 0.15) is 24.7 Å². The fraction of sp³-hybridized carbons (Fsp3) is 0.294. The first-order chi connectivity index (χ1) is 10.8. The van der Waals surface area contributed by atoms with Crippen LogP contribution in [0.3, 0.4) is 0 Å². The van der Waals surface area contributed by atoms with Crippen LogP contribution in [0.2, 0.25) is 0 Å². The predicted molar refractivity (Wildman–Crippen MR) is 82.9 cm³/mol. The second kappa shape index (κ2) is 6.58. The molecule has 0 spiro atoms. The summed E-state index contributed by atoms with van der Waals surface area (Å²) in [7, 11) is 1.65. The molecule has 0 radical (unpaired) electrons. The lowest BCUT2D eigenvalue weighted by Gasteiger charge is -2.11. The molecule has 0 N–H and O–H groups in total. The Morgan fingerprint density at radius 2 is 1.95 bits per heavy atom. The van der Waals surface area contributed by atoms with Crippen molar-refractivity contribution >= 4 is 10.8 Å². The van der Waals surface area contributed by atoms with Gasteiger partial charge in [0.25, 0.3) is 5.89 Å². The van der Waals surface area contributed by atoms with E-state index in [9.17, 15) is 0 Å². The van der Waals surface area contributed by atoms with Crippen molar-refractivity contribution in [2.75, 3.05) is 13.7 Å². The topological polar surface area (TPSA) is 57.4 Å². The summed E-state index contributed by atoms with van der Waals surface area (Å²) in [6, 6.07) is 14.1. The van der Waals surface area contributed by atoms with Crippen LogP contribution in [-0.4, -0.2) is 23.9 Å². The van der Waals surface area contributed by atoms with Crippen molar-refractivity contribution in [3.8, 4) is 5.75 Å². The van der Waals surface area contributed by atoms with Gasteiger partial charge in [-0.2, -0.15) is 4.98 Å². The second-order valence-electron chi connectivity index (χ2n) is 5.06. The third-order valence-corrected chi connectivity index (χ3v) is 3.40. The molecule has 0 aliphatic rings. The van der Waals surface area contributed by atoms with E-state index in [2.05, 4.69) is 22.3 Å². The highest BCUT2D eigenvalue weighted by molar-refractivity contribution is 5.83. The number of aromatic nitrogens is 2. The van der Waals surface area contributed by atoms with Crippen molar-refractivity contribution in [2.24, 2.45) is 0 Å². The van der Waals surface area contributed by atoms with Crippen molar-refractivity contribution < 1.29 is 14.0 Å². The van der Waals surface area contributed by atoms with Gasteiger partial charge in [0.15, 0.2) is 11.9 Å². The molecular formula is C17H18N2O3. The fourth-order valence-electron chi connectivity index (χ4n) is 2.22. The highest BCUT2D eigenvalue weighted by atomic mass is 16.5. The van der Waals surface area contributed by atoms with Crippen LogP contribution in [-0.2, 0) is 11.2 Å². The molecule has 1 heterocycles. The summed E-state index contributed by atoms with van der Waals surface area (Å²) in [6.07, 6.45) is 0.327. The summed E-state index contributed by atoms with van der Waals surface area (Å²) in [5.74, 6) is 1.88. The van der Waals surface area contributed by atoms with Gasteiger partial charge >= 0.3 is 0 Å². The lowest BCUT2D eigenvalue weighted by Crippen LogP contribution is -2.04. The van der Waals surface area contributed by atoms with E-state index in [0.717, 1.165) is 11.1 Å². The molecule has 0 aliphatic carbocycles. The summed E-state index contributed by atoms with van der Waals surface area (Å²) in [4.78, 5) is 4.32. The number of benzene rings is 2. The Labute approximate surface area is 128 Å². The maximum atomic E-state index is 5.90. The number of hydrogen-bond acceptors (Lipinski definition) is 5. The maximum Gasteiger partial charge on any atom is 0.267 e. The molecule has 0 aliphatic heterocycles. The standard InChI is InChI=1S/C17H18N2O3/c1-12(17-18-16(19-22-17)9-10-20-2)21-15-8-7-13-5-3-4-6-14(13)11-15/h3-8,11-12H,9-10H2,1-2H3/t12-/m1/s1. The lowest BCUT2D eigenvalue weighted by atomic mass is 10.1. The third kappa shape index (κ3) is 3.26. The minimum Gasteiger partial charge on any atom is -0.481 e. The zero-order valence-corrected chi connectivity index (χ0v) is 12.7. The highest BCUT2D eigenvalue weighted by Gasteiger charge is 2.16. The van der Waals surface area contributed by atoms with Crippen LogP contribution in [0.25, 0.3) is 10.8 Å².